The fourth-order valence-corrected chi connectivity index (χ4v) is 3.02. The molecule has 1 atom stereocenters. The molecule has 2 rings (SSSR count). The second kappa shape index (κ2) is 7.68. The number of carboxylic acids is 1. The number of rotatable bonds is 5. The molecule has 2 N–H and O–H groups in total. The molecule has 0 spiro atoms. The lowest BCUT2D eigenvalue weighted by Gasteiger charge is -2.28. The molecular weight excluding hydrogens is 318 g/mol. The van der Waals surface area contributed by atoms with Crippen molar-refractivity contribution in [3.8, 4) is 5.75 Å². The van der Waals surface area contributed by atoms with Gasteiger partial charge >= 0.3 is 5.97 Å². The van der Waals surface area contributed by atoms with Crippen molar-refractivity contribution in [1.29, 1.82) is 0 Å². The van der Waals surface area contributed by atoms with E-state index in [1.807, 2.05) is 6.92 Å². The van der Waals surface area contributed by atoms with Crippen LogP contribution in [-0.4, -0.2) is 29.1 Å². The standard InChI is InChI=1S/C17H22ClNO4/c1-10-9-13(18)5-8-15(10)23-11(2)16(20)19-14-6-3-12(4-7-14)17(21)22/h5,8-9,11-12,14H,3-4,6-7H2,1-2H3,(H,19,20)(H,21,22). The maximum atomic E-state index is 12.2. The van der Waals surface area contributed by atoms with Gasteiger partial charge in [0.25, 0.3) is 5.91 Å². The van der Waals surface area contributed by atoms with E-state index in [2.05, 4.69) is 5.32 Å². The van der Waals surface area contributed by atoms with Gasteiger partial charge in [0.2, 0.25) is 0 Å². The van der Waals surface area contributed by atoms with Crippen molar-refractivity contribution in [3.05, 3.63) is 28.8 Å². The number of hydrogen-bond donors (Lipinski definition) is 2. The van der Waals surface area contributed by atoms with E-state index >= 15 is 0 Å². The van der Waals surface area contributed by atoms with Crippen LogP contribution in [0.4, 0.5) is 0 Å². The molecule has 0 saturated heterocycles. The summed E-state index contributed by atoms with van der Waals surface area (Å²) in [6.07, 6.45) is 1.97. The van der Waals surface area contributed by atoms with Crippen molar-refractivity contribution in [1.82, 2.24) is 5.32 Å². The van der Waals surface area contributed by atoms with Crippen molar-refractivity contribution in [2.75, 3.05) is 0 Å². The van der Waals surface area contributed by atoms with Gasteiger partial charge in [0.15, 0.2) is 6.10 Å². The zero-order valence-corrected chi connectivity index (χ0v) is 14.1. The third-order valence-corrected chi connectivity index (χ3v) is 4.47. The highest BCUT2D eigenvalue weighted by Gasteiger charge is 2.28. The predicted octanol–water partition coefficient (Wildman–Crippen LogP) is 3.18. The van der Waals surface area contributed by atoms with E-state index in [-0.39, 0.29) is 17.9 Å². The van der Waals surface area contributed by atoms with Gasteiger partial charge in [-0.25, -0.2) is 0 Å². The molecule has 1 saturated carbocycles. The van der Waals surface area contributed by atoms with Gasteiger partial charge in [-0.1, -0.05) is 11.6 Å². The zero-order chi connectivity index (χ0) is 17.0. The molecule has 1 amide bonds. The second-order valence-corrected chi connectivity index (χ2v) is 6.50. The summed E-state index contributed by atoms with van der Waals surface area (Å²) in [5.74, 6) is -0.581. The Labute approximate surface area is 141 Å². The van der Waals surface area contributed by atoms with Crippen LogP contribution >= 0.6 is 11.6 Å². The zero-order valence-electron chi connectivity index (χ0n) is 13.3. The first kappa shape index (κ1) is 17.6. The van der Waals surface area contributed by atoms with E-state index < -0.39 is 12.1 Å². The highest BCUT2D eigenvalue weighted by molar-refractivity contribution is 6.30. The third-order valence-electron chi connectivity index (χ3n) is 4.23. The largest absolute Gasteiger partial charge is 0.481 e. The van der Waals surface area contributed by atoms with Gasteiger partial charge in [-0.15, -0.1) is 0 Å². The lowest BCUT2D eigenvalue weighted by Crippen LogP contribution is -2.44. The number of benzene rings is 1. The van der Waals surface area contributed by atoms with Crippen LogP contribution in [-0.2, 0) is 9.59 Å². The number of halogens is 1. The third kappa shape index (κ3) is 4.86. The van der Waals surface area contributed by atoms with Crippen LogP contribution in [0.25, 0.3) is 0 Å². The molecule has 1 fully saturated rings. The molecule has 0 aliphatic heterocycles. The first-order valence-corrected chi connectivity index (χ1v) is 8.20. The number of aliphatic carboxylic acids is 1. The van der Waals surface area contributed by atoms with Crippen molar-refractivity contribution in [3.63, 3.8) is 0 Å². The molecule has 6 heteroatoms. The summed E-state index contributed by atoms with van der Waals surface area (Å²) in [5.41, 5.74) is 0.874. The lowest BCUT2D eigenvalue weighted by molar-refractivity contribution is -0.142. The number of carboxylic acid groups (broad SMARTS) is 1. The maximum Gasteiger partial charge on any atom is 0.306 e. The van der Waals surface area contributed by atoms with Gasteiger partial charge < -0.3 is 15.2 Å². The topological polar surface area (TPSA) is 75.6 Å². The Morgan fingerprint density at radius 3 is 2.52 bits per heavy atom. The van der Waals surface area contributed by atoms with Gasteiger partial charge in [-0.3, -0.25) is 9.59 Å². The molecule has 0 bridgehead atoms. The van der Waals surface area contributed by atoms with Gasteiger partial charge in [0.1, 0.15) is 5.75 Å². The SMILES string of the molecule is Cc1cc(Cl)ccc1OC(C)C(=O)NC1CCC(C(=O)O)CC1. The van der Waals surface area contributed by atoms with Crippen molar-refractivity contribution < 1.29 is 19.4 Å². The van der Waals surface area contributed by atoms with E-state index in [1.54, 1.807) is 25.1 Å². The van der Waals surface area contributed by atoms with Crippen molar-refractivity contribution in [2.45, 2.75) is 51.7 Å². The Morgan fingerprint density at radius 1 is 1.30 bits per heavy atom. The Bertz CT molecular complexity index is 582. The predicted molar refractivity (Wildman–Crippen MR) is 87.8 cm³/mol. The second-order valence-electron chi connectivity index (χ2n) is 6.07. The van der Waals surface area contributed by atoms with Crippen LogP contribution in [0, 0.1) is 12.8 Å². The smallest absolute Gasteiger partial charge is 0.306 e. The summed E-state index contributed by atoms with van der Waals surface area (Å²) in [7, 11) is 0. The highest BCUT2D eigenvalue weighted by atomic mass is 35.5. The molecule has 0 aromatic heterocycles. The van der Waals surface area contributed by atoms with Gasteiger partial charge in [0.05, 0.1) is 5.92 Å². The molecule has 23 heavy (non-hydrogen) atoms. The van der Waals surface area contributed by atoms with E-state index in [9.17, 15) is 9.59 Å². The minimum Gasteiger partial charge on any atom is -0.481 e. The highest BCUT2D eigenvalue weighted by Crippen LogP contribution is 2.25. The molecule has 1 aromatic rings. The number of nitrogens with one attached hydrogen (secondary N) is 1. The Balaban J connectivity index is 1.85. The summed E-state index contributed by atoms with van der Waals surface area (Å²) in [6.45, 7) is 3.57. The summed E-state index contributed by atoms with van der Waals surface area (Å²) in [4.78, 5) is 23.2. The van der Waals surface area contributed by atoms with Crippen LogP contribution in [0.15, 0.2) is 18.2 Å². The number of carbonyl (C=O) groups excluding carboxylic acids is 1. The van der Waals surface area contributed by atoms with Gasteiger partial charge in [0, 0.05) is 11.1 Å². The summed E-state index contributed by atoms with van der Waals surface area (Å²) in [6, 6.07) is 5.28. The quantitative estimate of drug-likeness (QED) is 0.864. The van der Waals surface area contributed by atoms with E-state index in [1.165, 1.54) is 0 Å². The molecule has 1 aliphatic carbocycles. The molecule has 5 nitrogen and oxygen atoms in total. The number of carbonyl (C=O) groups is 2. The number of hydrogen-bond acceptors (Lipinski definition) is 3. The monoisotopic (exact) mass is 339 g/mol. The summed E-state index contributed by atoms with van der Waals surface area (Å²) < 4.78 is 5.70. The molecule has 0 heterocycles. The Hall–Kier alpha value is -1.75. The first-order valence-electron chi connectivity index (χ1n) is 7.83. The Morgan fingerprint density at radius 2 is 1.96 bits per heavy atom. The fraction of sp³-hybridized carbons (Fsp3) is 0.529. The van der Waals surface area contributed by atoms with Crippen LogP contribution < -0.4 is 10.1 Å². The van der Waals surface area contributed by atoms with E-state index in [0.29, 0.717) is 36.5 Å². The van der Waals surface area contributed by atoms with Crippen LogP contribution in [0.2, 0.25) is 5.02 Å². The fourth-order valence-electron chi connectivity index (χ4n) is 2.79. The van der Waals surface area contributed by atoms with Crippen LogP contribution in [0.5, 0.6) is 5.75 Å². The molecule has 1 aliphatic rings. The minimum absolute atomic E-state index is 0.0236. The van der Waals surface area contributed by atoms with Gasteiger partial charge in [-0.2, -0.15) is 0 Å². The minimum atomic E-state index is -0.746. The molecule has 1 aromatic carbocycles. The number of ether oxygens (including phenoxy) is 1. The molecule has 0 radical (unpaired) electrons. The van der Waals surface area contributed by atoms with Crippen LogP contribution in [0.1, 0.15) is 38.2 Å². The van der Waals surface area contributed by atoms with E-state index in [4.69, 9.17) is 21.4 Å². The van der Waals surface area contributed by atoms with Gasteiger partial charge in [-0.05, 0) is 63.3 Å². The Kier molecular flexibility index (Phi) is 5.88. The summed E-state index contributed by atoms with van der Waals surface area (Å²) >= 11 is 5.90. The molecule has 126 valence electrons. The number of amides is 1. The average Bonchev–Trinajstić information content (AvgIpc) is 2.50. The molecule has 1 unspecified atom stereocenters. The molecular formula is C17H22ClNO4. The maximum absolute atomic E-state index is 12.2. The van der Waals surface area contributed by atoms with Crippen LogP contribution in [0.3, 0.4) is 0 Å². The first-order chi connectivity index (χ1) is 10.9. The van der Waals surface area contributed by atoms with E-state index in [0.717, 1.165) is 5.56 Å². The lowest BCUT2D eigenvalue weighted by atomic mass is 9.86. The number of aryl methyl sites for hydroxylation is 1. The van der Waals surface area contributed by atoms with Crippen molar-refractivity contribution in [2.24, 2.45) is 5.92 Å². The summed E-state index contributed by atoms with van der Waals surface area (Å²) in [5, 5.41) is 12.6. The normalized spacial score (nSPS) is 22.2. The average molecular weight is 340 g/mol. The van der Waals surface area contributed by atoms with Crippen molar-refractivity contribution >= 4 is 23.5 Å².